The van der Waals surface area contributed by atoms with Gasteiger partial charge in [0, 0.05) is 18.7 Å². The molecule has 1 heterocycles. The first-order valence-corrected chi connectivity index (χ1v) is 22.7. The maximum atomic E-state index is 15.0. The first kappa shape index (κ1) is 55.6. The molecule has 0 aliphatic carbocycles. The third kappa shape index (κ3) is 14.9. The third-order valence-electron chi connectivity index (χ3n) is 12.0. The van der Waals surface area contributed by atoms with Crippen molar-refractivity contribution in [1.82, 2.24) is 31.5 Å². The number of nitrogens with one attached hydrogen (secondary N) is 5. The maximum Gasteiger partial charge on any atom is 0.326 e. The third-order valence-corrected chi connectivity index (χ3v) is 12.0. The molecule has 374 valence electrons. The standard InChI is InChI=1S/C46H68N10O12/c1-8-25(6)38(43(64)53-37(24(4)5)46(67)68)54-41(62)33-14-11-19-55(33)44(65)26(7)56(29-16-15-27-12-9-10-13-28(27)20-29)45(66)31(21-35(48)59)51-39(60)30(17-18-34(47)58)50-40(61)32(22-57)52-42(63)36(49)23(2)3/h9-10,12-13,15-16,20,23-26,30-33,36-38,57H,8,11,14,17-19,21-22,49H2,1-7H3,(H2,47,58)(H2,48,59)(H,50,61)(H,51,60)(H,52,63)(H,53,64)(H,54,62)(H,67,68)/t25-,26-,30-,31-,32-,33-,36-,37-,38-/m0/s1. The predicted molar refractivity (Wildman–Crippen MR) is 249 cm³/mol. The number of aliphatic carboxylic acids is 1. The number of amides is 9. The Kier molecular flexibility index (Phi) is 20.8. The van der Waals surface area contributed by atoms with Gasteiger partial charge in [0.1, 0.15) is 42.3 Å². The van der Waals surface area contributed by atoms with Crippen LogP contribution in [0.5, 0.6) is 0 Å². The number of carbonyl (C=O) groups excluding carboxylic acids is 9. The van der Waals surface area contributed by atoms with Crippen LogP contribution in [0, 0.1) is 17.8 Å². The summed E-state index contributed by atoms with van der Waals surface area (Å²) in [5.74, 6) is -10.5. The van der Waals surface area contributed by atoms with Crippen LogP contribution in [0.2, 0.25) is 0 Å². The number of fused-ring (bicyclic) bond motifs is 1. The summed E-state index contributed by atoms with van der Waals surface area (Å²) in [5.41, 5.74) is 17.0. The second-order valence-corrected chi connectivity index (χ2v) is 17.9. The van der Waals surface area contributed by atoms with E-state index in [-0.39, 0.29) is 24.6 Å². The normalized spacial score (nSPS) is 17.1. The summed E-state index contributed by atoms with van der Waals surface area (Å²) in [6, 6.07) is 0.906. The van der Waals surface area contributed by atoms with Gasteiger partial charge < -0.3 is 58.9 Å². The largest absolute Gasteiger partial charge is 0.480 e. The van der Waals surface area contributed by atoms with Crippen molar-refractivity contribution in [3.8, 4) is 0 Å². The molecule has 2 aromatic rings. The van der Waals surface area contributed by atoms with Gasteiger partial charge in [-0.05, 0) is 66.8 Å². The smallest absolute Gasteiger partial charge is 0.326 e. The number of carboxylic acids is 1. The summed E-state index contributed by atoms with van der Waals surface area (Å²) in [5, 5.41) is 33.4. The maximum absolute atomic E-state index is 15.0. The Morgan fingerprint density at radius 1 is 0.735 bits per heavy atom. The Morgan fingerprint density at radius 2 is 1.34 bits per heavy atom. The molecule has 1 aliphatic rings. The van der Waals surface area contributed by atoms with Crippen LogP contribution >= 0.6 is 0 Å². The molecule has 68 heavy (non-hydrogen) atoms. The number of primary amides is 2. The lowest BCUT2D eigenvalue weighted by molar-refractivity contribution is -0.144. The molecule has 13 N–H and O–H groups in total. The van der Waals surface area contributed by atoms with Crippen LogP contribution in [0.3, 0.4) is 0 Å². The SMILES string of the molecule is CC[C@H](C)[C@H](NC(=O)[C@@H]1CCCN1C(=O)[C@H](C)N(C(=O)[C@H](CC(N)=O)NC(=O)[C@H](CCC(N)=O)NC(=O)[C@H](CO)NC(=O)[C@@H](N)C(C)C)c1ccc2ccccc2c1)C(=O)N[C@H](C(=O)O)C(C)C. The molecule has 3 rings (SSSR count). The van der Waals surface area contributed by atoms with E-state index in [1.807, 2.05) is 6.07 Å². The number of carbonyl (C=O) groups is 10. The number of nitrogens with two attached hydrogens (primary N) is 3. The summed E-state index contributed by atoms with van der Waals surface area (Å²) >= 11 is 0. The van der Waals surface area contributed by atoms with Crippen LogP contribution in [-0.2, 0) is 47.9 Å². The topological polar surface area (TPSA) is 356 Å². The fourth-order valence-electron chi connectivity index (χ4n) is 7.66. The van der Waals surface area contributed by atoms with E-state index < -0.39 is 145 Å². The molecule has 0 unspecified atom stereocenters. The number of aliphatic hydroxyl groups is 1. The number of aliphatic hydroxyl groups excluding tert-OH is 1. The van der Waals surface area contributed by atoms with E-state index in [4.69, 9.17) is 17.2 Å². The van der Waals surface area contributed by atoms with Gasteiger partial charge in [0.15, 0.2) is 0 Å². The van der Waals surface area contributed by atoms with E-state index in [1.165, 1.54) is 11.8 Å². The highest BCUT2D eigenvalue weighted by Crippen LogP contribution is 2.28. The van der Waals surface area contributed by atoms with Gasteiger partial charge in [0.2, 0.25) is 47.3 Å². The van der Waals surface area contributed by atoms with Crippen LogP contribution in [0.25, 0.3) is 10.8 Å². The van der Waals surface area contributed by atoms with Crippen LogP contribution in [0.15, 0.2) is 42.5 Å². The van der Waals surface area contributed by atoms with Gasteiger partial charge in [-0.2, -0.15) is 0 Å². The Hall–Kier alpha value is -6.68. The number of likely N-dealkylation sites (tertiary alicyclic amines) is 1. The van der Waals surface area contributed by atoms with Crippen LogP contribution < -0.4 is 48.7 Å². The minimum Gasteiger partial charge on any atom is -0.480 e. The summed E-state index contributed by atoms with van der Waals surface area (Å²) < 4.78 is 0. The molecule has 9 atom stereocenters. The van der Waals surface area contributed by atoms with Gasteiger partial charge in [0.25, 0.3) is 5.91 Å². The molecule has 9 amide bonds. The molecular weight excluding hydrogens is 885 g/mol. The molecule has 22 nitrogen and oxygen atoms in total. The Bertz CT molecular complexity index is 2190. The van der Waals surface area contributed by atoms with Crippen LogP contribution in [0.4, 0.5) is 5.69 Å². The van der Waals surface area contributed by atoms with Gasteiger partial charge in [0.05, 0.1) is 19.1 Å². The zero-order chi connectivity index (χ0) is 51.2. The minimum absolute atomic E-state index is 0.0665. The van der Waals surface area contributed by atoms with Gasteiger partial charge in [-0.15, -0.1) is 0 Å². The van der Waals surface area contributed by atoms with E-state index in [0.29, 0.717) is 18.2 Å². The number of carboxylic acid groups (broad SMARTS) is 1. The number of anilines is 1. The molecule has 0 radical (unpaired) electrons. The van der Waals surface area contributed by atoms with E-state index in [9.17, 15) is 58.2 Å². The molecule has 2 aromatic carbocycles. The number of rotatable bonds is 25. The fraction of sp³-hybridized carbons (Fsp3) is 0.565. The lowest BCUT2D eigenvalue weighted by atomic mass is 9.96. The summed E-state index contributed by atoms with van der Waals surface area (Å²) in [4.78, 5) is 136. The van der Waals surface area contributed by atoms with Crippen molar-refractivity contribution in [1.29, 1.82) is 0 Å². The predicted octanol–water partition coefficient (Wildman–Crippen LogP) is -1.12. The van der Waals surface area contributed by atoms with Crippen molar-refractivity contribution < 1.29 is 58.2 Å². The van der Waals surface area contributed by atoms with Crippen LogP contribution in [-0.4, -0.2) is 136 Å². The summed E-state index contributed by atoms with van der Waals surface area (Å²) in [7, 11) is 0. The minimum atomic E-state index is -1.81. The van der Waals surface area contributed by atoms with Crippen molar-refractivity contribution in [2.45, 2.75) is 135 Å². The quantitative estimate of drug-likeness (QED) is 0.0565. The highest BCUT2D eigenvalue weighted by molar-refractivity contribution is 6.08. The molecule has 1 aliphatic heterocycles. The lowest BCUT2D eigenvalue weighted by Gasteiger charge is -2.36. The van der Waals surface area contributed by atoms with E-state index in [0.717, 1.165) is 10.3 Å². The molecule has 22 heteroatoms. The second kappa shape index (κ2) is 25.5. The van der Waals surface area contributed by atoms with Crippen molar-refractivity contribution in [2.75, 3.05) is 18.1 Å². The molecule has 0 bridgehead atoms. The molecule has 1 fully saturated rings. The summed E-state index contributed by atoms with van der Waals surface area (Å²) in [6.07, 6.45) is -0.732. The zero-order valence-corrected chi connectivity index (χ0v) is 39.7. The fourth-order valence-corrected chi connectivity index (χ4v) is 7.66. The molecule has 0 spiro atoms. The first-order valence-electron chi connectivity index (χ1n) is 22.7. The second-order valence-electron chi connectivity index (χ2n) is 17.9. The van der Waals surface area contributed by atoms with Crippen molar-refractivity contribution in [2.24, 2.45) is 35.0 Å². The highest BCUT2D eigenvalue weighted by Gasteiger charge is 2.43. The average Bonchev–Trinajstić information content (AvgIpc) is 3.79. The van der Waals surface area contributed by atoms with Gasteiger partial charge in [-0.25, -0.2) is 4.79 Å². The Balaban J connectivity index is 2.03. The van der Waals surface area contributed by atoms with Crippen LogP contribution in [0.1, 0.15) is 87.0 Å². The first-order chi connectivity index (χ1) is 31.9. The molecule has 1 saturated heterocycles. The van der Waals surface area contributed by atoms with E-state index in [1.54, 1.807) is 77.9 Å². The lowest BCUT2D eigenvalue weighted by Crippen LogP contribution is -2.61. The number of benzene rings is 2. The summed E-state index contributed by atoms with van der Waals surface area (Å²) in [6.45, 7) is 10.6. The number of nitrogens with zero attached hydrogens (tertiary/aromatic N) is 2. The molecule has 0 aromatic heterocycles. The van der Waals surface area contributed by atoms with E-state index >= 15 is 0 Å². The van der Waals surface area contributed by atoms with Gasteiger partial charge >= 0.3 is 5.97 Å². The Morgan fingerprint density at radius 3 is 1.90 bits per heavy atom. The molecular formula is C46H68N10O12. The monoisotopic (exact) mass is 953 g/mol. The molecule has 0 saturated carbocycles. The zero-order valence-electron chi connectivity index (χ0n) is 39.7. The number of hydrogen-bond donors (Lipinski definition) is 10. The average molecular weight is 953 g/mol. The Labute approximate surface area is 395 Å². The van der Waals surface area contributed by atoms with Crippen molar-refractivity contribution in [3.05, 3.63) is 42.5 Å². The van der Waals surface area contributed by atoms with Gasteiger partial charge in [-0.1, -0.05) is 78.3 Å². The number of hydrogen-bond acceptors (Lipinski definition) is 12. The van der Waals surface area contributed by atoms with Crippen molar-refractivity contribution >= 4 is 75.6 Å². The van der Waals surface area contributed by atoms with Crippen molar-refractivity contribution in [3.63, 3.8) is 0 Å². The van der Waals surface area contributed by atoms with Gasteiger partial charge in [-0.3, -0.25) is 48.1 Å². The van der Waals surface area contributed by atoms with E-state index in [2.05, 4.69) is 26.6 Å². The highest BCUT2D eigenvalue weighted by atomic mass is 16.4.